The molecule has 24 heavy (non-hydrogen) atoms. The summed E-state index contributed by atoms with van der Waals surface area (Å²) >= 11 is 5.34. The Morgan fingerprint density at radius 1 is 1.50 bits per heavy atom. The van der Waals surface area contributed by atoms with Crippen molar-refractivity contribution in [1.82, 2.24) is 9.55 Å². The van der Waals surface area contributed by atoms with Gasteiger partial charge in [0.05, 0.1) is 13.0 Å². The summed E-state index contributed by atoms with van der Waals surface area (Å²) in [5.74, 6) is -1.12. The molecule has 0 unspecified atom stereocenters. The van der Waals surface area contributed by atoms with E-state index in [0.29, 0.717) is 23.5 Å². The summed E-state index contributed by atoms with van der Waals surface area (Å²) in [7, 11) is 0. The van der Waals surface area contributed by atoms with Gasteiger partial charge in [-0.3, -0.25) is 4.79 Å². The lowest BCUT2D eigenvalue weighted by atomic mass is 9.93. The van der Waals surface area contributed by atoms with Crippen LogP contribution in [-0.4, -0.2) is 22.1 Å². The number of halogens is 2. The van der Waals surface area contributed by atoms with Crippen LogP contribution >= 0.6 is 12.2 Å². The molecule has 1 aliphatic carbocycles. The number of carbonyl (C=O) groups is 1. The summed E-state index contributed by atoms with van der Waals surface area (Å²) < 4.78 is 35.3. The number of ether oxygens (including phenoxy) is 1. The van der Waals surface area contributed by atoms with E-state index in [2.05, 4.69) is 4.98 Å². The average Bonchev–Trinajstić information content (AvgIpc) is 3.02. The standard InChI is InChI=1S/C17H16F2N2O2S/c1-2-23-14(22)6-13-15-11-7-17(11,8-21(15)16(24)20-13)10-5-9(18)3-4-12(10)19/h3-5,11H,2,6-8H2,1H3,(H,20,24)/t11-,17+/m0/s1. The first-order valence-corrected chi connectivity index (χ1v) is 8.30. The summed E-state index contributed by atoms with van der Waals surface area (Å²) in [6.45, 7) is 2.58. The van der Waals surface area contributed by atoms with Gasteiger partial charge in [0.15, 0.2) is 4.77 Å². The lowest BCUT2D eigenvalue weighted by Gasteiger charge is -2.14. The number of esters is 1. The third kappa shape index (κ3) is 2.14. The second-order valence-corrected chi connectivity index (χ2v) is 6.79. The lowest BCUT2D eigenvalue weighted by Crippen LogP contribution is -2.14. The van der Waals surface area contributed by atoms with E-state index < -0.39 is 17.0 Å². The predicted octanol–water partition coefficient (Wildman–Crippen LogP) is 3.37. The summed E-state index contributed by atoms with van der Waals surface area (Å²) in [6.07, 6.45) is 0.841. The van der Waals surface area contributed by atoms with Gasteiger partial charge in [0.25, 0.3) is 0 Å². The molecule has 1 aromatic carbocycles. The number of aromatic nitrogens is 2. The van der Waals surface area contributed by atoms with E-state index in [-0.39, 0.29) is 18.3 Å². The highest BCUT2D eigenvalue weighted by Gasteiger charge is 2.63. The van der Waals surface area contributed by atoms with E-state index in [0.717, 1.165) is 23.9 Å². The van der Waals surface area contributed by atoms with Crippen LogP contribution in [0.1, 0.15) is 36.2 Å². The molecule has 2 aromatic rings. The monoisotopic (exact) mass is 350 g/mol. The van der Waals surface area contributed by atoms with Gasteiger partial charge in [-0.1, -0.05) is 0 Å². The molecule has 1 aromatic heterocycles. The van der Waals surface area contributed by atoms with E-state index in [4.69, 9.17) is 17.0 Å². The molecule has 2 heterocycles. The minimum Gasteiger partial charge on any atom is -0.466 e. The minimum atomic E-state index is -0.451. The second kappa shape index (κ2) is 5.24. The van der Waals surface area contributed by atoms with Crippen molar-refractivity contribution in [2.45, 2.75) is 37.6 Å². The maximum atomic E-state index is 14.3. The Morgan fingerprint density at radius 3 is 3.04 bits per heavy atom. The van der Waals surface area contributed by atoms with Gasteiger partial charge in [0.2, 0.25) is 0 Å². The van der Waals surface area contributed by atoms with Crippen LogP contribution in [0.2, 0.25) is 0 Å². The zero-order chi connectivity index (χ0) is 17.1. The quantitative estimate of drug-likeness (QED) is 0.679. The first-order valence-electron chi connectivity index (χ1n) is 7.89. The number of hydrogen-bond donors (Lipinski definition) is 1. The Balaban J connectivity index is 1.71. The maximum absolute atomic E-state index is 14.3. The third-order valence-electron chi connectivity index (χ3n) is 5.04. The first-order chi connectivity index (χ1) is 11.5. The highest BCUT2D eigenvalue weighted by atomic mass is 32.1. The summed E-state index contributed by atoms with van der Waals surface area (Å²) in [5.41, 5.74) is 1.59. The Labute approximate surface area is 142 Å². The molecule has 0 radical (unpaired) electrons. The van der Waals surface area contributed by atoms with Crippen LogP contribution < -0.4 is 0 Å². The number of carbonyl (C=O) groups excluding carboxylic acids is 1. The number of nitrogens with zero attached hydrogens (tertiary/aromatic N) is 1. The normalized spacial score (nSPS) is 23.7. The van der Waals surface area contributed by atoms with Gasteiger partial charge < -0.3 is 14.3 Å². The van der Waals surface area contributed by atoms with Crippen molar-refractivity contribution in [2.75, 3.05) is 6.61 Å². The van der Waals surface area contributed by atoms with Gasteiger partial charge in [-0.2, -0.15) is 0 Å². The number of benzene rings is 1. The van der Waals surface area contributed by atoms with Crippen molar-refractivity contribution in [3.8, 4) is 0 Å². The fraction of sp³-hybridized carbons (Fsp3) is 0.412. The van der Waals surface area contributed by atoms with Gasteiger partial charge in [0, 0.05) is 29.3 Å². The molecule has 4 nitrogen and oxygen atoms in total. The van der Waals surface area contributed by atoms with Gasteiger partial charge in [-0.25, -0.2) is 8.78 Å². The largest absolute Gasteiger partial charge is 0.466 e. The number of rotatable bonds is 4. The molecule has 0 saturated heterocycles. The molecule has 7 heteroatoms. The summed E-state index contributed by atoms with van der Waals surface area (Å²) in [5, 5.41) is 0. The molecule has 1 N–H and O–H groups in total. The molecule has 0 amide bonds. The number of nitrogens with one attached hydrogen (secondary N) is 1. The van der Waals surface area contributed by atoms with Crippen molar-refractivity contribution in [3.63, 3.8) is 0 Å². The van der Waals surface area contributed by atoms with E-state index in [9.17, 15) is 13.6 Å². The van der Waals surface area contributed by atoms with Crippen LogP contribution in [0.4, 0.5) is 8.78 Å². The zero-order valence-electron chi connectivity index (χ0n) is 13.1. The number of hydrogen-bond acceptors (Lipinski definition) is 3. The lowest BCUT2D eigenvalue weighted by molar-refractivity contribution is -0.142. The molecule has 1 fully saturated rings. The Morgan fingerprint density at radius 2 is 2.29 bits per heavy atom. The van der Waals surface area contributed by atoms with Crippen molar-refractivity contribution in [1.29, 1.82) is 0 Å². The highest BCUT2D eigenvalue weighted by Crippen LogP contribution is 2.66. The Bertz CT molecular complexity index is 904. The van der Waals surface area contributed by atoms with Crippen LogP contribution in [0.5, 0.6) is 0 Å². The van der Waals surface area contributed by atoms with Gasteiger partial charge in [0.1, 0.15) is 11.6 Å². The minimum absolute atomic E-state index is 0.0474. The summed E-state index contributed by atoms with van der Waals surface area (Å²) in [6, 6.07) is 3.57. The SMILES string of the molecule is CCOC(=O)Cc1[nH]c(=S)n2c1[C@@H]1C[C@]1(c1cc(F)ccc1F)C2. The molecule has 2 aliphatic rings. The fourth-order valence-corrected chi connectivity index (χ4v) is 4.25. The van der Waals surface area contributed by atoms with E-state index in [1.54, 1.807) is 6.92 Å². The number of H-pyrrole nitrogens is 1. The molecule has 4 rings (SSSR count). The average molecular weight is 350 g/mol. The molecule has 0 spiro atoms. The zero-order valence-corrected chi connectivity index (χ0v) is 13.9. The van der Waals surface area contributed by atoms with Crippen LogP contribution in [0.15, 0.2) is 18.2 Å². The number of fused-ring (bicyclic) bond motifs is 3. The van der Waals surface area contributed by atoms with Crippen LogP contribution in [0.25, 0.3) is 0 Å². The molecular weight excluding hydrogens is 334 g/mol. The molecular formula is C17H16F2N2O2S. The van der Waals surface area contributed by atoms with Gasteiger partial charge in [-0.05, 0) is 49.3 Å². The number of aromatic amines is 1. The molecule has 2 atom stereocenters. The second-order valence-electron chi connectivity index (χ2n) is 6.40. The van der Waals surface area contributed by atoms with Gasteiger partial charge in [-0.15, -0.1) is 0 Å². The van der Waals surface area contributed by atoms with E-state index in [1.165, 1.54) is 12.1 Å². The predicted molar refractivity (Wildman–Crippen MR) is 85.3 cm³/mol. The topological polar surface area (TPSA) is 47.0 Å². The molecule has 126 valence electrons. The molecule has 0 bridgehead atoms. The van der Waals surface area contributed by atoms with Crippen molar-refractivity contribution >= 4 is 18.2 Å². The Kier molecular flexibility index (Phi) is 3.38. The van der Waals surface area contributed by atoms with Crippen molar-refractivity contribution in [2.24, 2.45) is 0 Å². The smallest absolute Gasteiger partial charge is 0.311 e. The van der Waals surface area contributed by atoms with Crippen molar-refractivity contribution < 1.29 is 18.3 Å². The van der Waals surface area contributed by atoms with Crippen LogP contribution in [0.3, 0.4) is 0 Å². The third-order valence-corrected chi connectivity index (χ3v) is 5.36. The van der Waals surface area contributed by atoms with E-state index in [1.807, 2.05) is 4.57 Å². The van der Waals surface area contributed by atoms with Gasteiger partial charge >= 0.3 is 5.97 Å². The molecule has 1 saturated carbocycles. The maximum Gasteiger partial charge on any atom is 0.311 e. The highest BCUT2D eigenvalue weighted by molar-refractivity contribution is 7.71. The number of imidazole rings is 1. The van der Waals surface area contributed by atoms with Crippen LogP contribution in [0, 0.1) is 16.4 Å². The van der Waals surface area contributed by atoms with Crippen LogP contribution in [-0.2, 0) is 27.9 Å². The Hall–Kier alpha value is -2.02. The summed E-state index contributed by atoms with van der Waals surface area (Å²) in [4.78, 5) is 14.9. The first kappa shape index (κ1) is 15.5. The fourth-order valence-electron chi connectivity index (χ4n) is 3.96. The molecule has 1 aliphatic heterocycles. The van der Waals surface area contributed by atoms with E-state index >= 15 is 0 Å². The van der Waals surface area contributed by atoms with Crippen molar-refractivity contribution in [3.05, 3.63) is 51.6 Å².